The van der Waals surface area contributed by atoms with Crippen molar-refractivity contribution in [2.75, 3.05) is 18.4 Å². The van der Waals surface area contributed by atoms with E-state index in [-0.39, 0.29) is 11.8 Å². The molecule has 104 valence electrons. The van der Waals surface area contributed by atoms with Crippen LogP contribution in [-0.4, -0.2) is 38.7 Å². The summed E-state index contributed by atoms with van der Waals surface area (Å²) in [4.78, 5) is 20.4. The summed E-state index contributed by atoms with van der Waals surface area (Å²) >= 11 is 0. The van der Waals surface area contributed by atoms with E-state index in [1.165, 1.54) is 11.0 Å². The molecule has 1 amide bonds. The van der Waals surface area contributed by atoms with Crippen LogP contribution in [0.2, 0.25) is 0 Å². The number of hydrogen-bond donors (Lipinski definition) is 2. The number of pyridine rings is 1. The van der Waals surface area contributed by atoms with Crippen LogP contribution in [0.5, 0.6) is 0 Å². The Balaban J connectivity index is 1.79. The van der Waals surface area contributed by atoms with Crippen LogP contribution in [0.25, 0.3) is 5.82 Å². The Labute approximate surface area is 116 Å². The lowest BCUT2D eigenvalue weighted by Crippen LogP contribution is -2.37. The standard InChI is InChI=1S/C13H16N6O/c20-13(10-3-1-5-14-7-10)18-11-4-2-6-16-12(11)19-9-15-8-17-19/h2,4,6,8-10,14H,1,3,5,7H2,(H,18,20). The van der Waals surface area contributed by atoms with Gasteiger partial charge < -0.3 is 10.6 Å². The van der Waals surface area contributed by atoms with Crippen LogP contribution >= 0.6 is 0 Å². The molecule has 1 atom stereocenters. The van der Waals surface area contributed by atoms with E-state index >= 15 is 0 Å². The highest BCUT2D eigenvalue weighted by Gasteiger charge is 2.22. The molecule has 0 aliphatic carbocycles. The lowest BCUT2D eigenvalue weighted by atomic mass is 9.99. The number of rotatable bonds is 3. The minimum atomic E-state index is 0.00699. The molecular weight excluding hydrogens is 256 g/mol. The van der Waals surface area contributed by atoms with Crippen LogP contribution in [0.4, 0.5) is 5.69 Å². The second kappa shape index (κ2) is 5.79. The van der Waals surface area contributed by atoms with Gasteiger partial charge in [-0.2, -0.15) is 5.10 Å². The molecule has 1 saturated heterocycles. The Morgan fingerprint density at radius 3 is 3.20 bits per heavy atom. The number of piperidine rings is 1. The number of hydrogen-bond acceptors (Lipinski definition) is 5. The van der Waals surface area contributed by atoms with E-state index < -0.39 is 0 Å². The summed E-state index contributed by atoms with van der Waals surface area (Å²) in [6.45, 7) is 1.71. The maximum absolute atomic E-state index is 12.3. The third-order valence-corrected chi connectivity index (χ3v) is 3.35. The monoisotopic (exact) mass is 272 g/mol. The van der Waals surface area contributed by atoms with Gasteiger partial charge in [-0.05, 0) is 31.5 Å². The number of anilines is 1. The van der Waals surface area contributed by atoms with E-state index in [2.05, 4.69) is 25.7 Å². The van der Waals surface area contributed by atoms with Crippen molar-refractivity contribution < 1.29 is 4.79 Å². The van der Waals surface area contributed by atoms with Crippen LogP contribution in [0.1, 0.15) is 12.8 Å². The van der Waals surface area contributed by atoms with Crippen LogP contribution in [-0.2, 0) is 4.79 Å². The van der Waals surface area contributed by atoms with Gasteiger partial charge in [0.1, 0.15) is 12.7 Å². The number of amides is 1. The molecule has 3 heterocycles. The lowest BCUT2D eigenvalue weighted by molar-refractivity contribution is -0.120. The van der Waals surface area contributed by atoms with Crippen molar-refractivity contribution >= 4 is 11.6 Å². The van der Waals surface area contributed by atoms with Crippen molar-refractivity contribution in [1.29, 1.82) is 0 Å². The summed E-state index contributed by atoms with van der Waals surface area (Å²) in [5.41, 5.74) is 0.647. The van der Waals surface area contributed by atoms with Gasteiger partial charge in [-0.25, -0.2) is 14.6 Å². The summed E-state index contributed by atoms with van der Waals surface area (Å²) in [6, 6.07) is 3.60. The van der Waals surface area contributed by atoms with Crippen LogP contribution in [0.3, 0.4) is 0 Å². The minimum Gasteiger partial charge on any atom is -0.323 e. The Bertz CT molecular complexity index is 576. The zero-order valence-electron chi connectivity index (χ0n) is 11.0. The molecule has 7 heteroatoms. The zero-order chi connectivity index (χ0) is 13.8. The molecule has 0 spiro atoms. The van der Waals surface area contributed by atoms with Crippen molar-refractivity contribution in [3.05, 3.63) is 31.0 Å². The SMILES string of the molecule is O=C(Nc1cccnc1-n1cncn1)C1CCCNC1. The van der Waals surface area contributed by atoms with Gasteiger partial charge >= 0.3 is 0 Å². The minimum absolute atomic E-state index is 0.00699. The van der Waals surface area contributed by atoms with Gasteiger partial charge in [0.2, 0.25) is 5.91 Å². The van der Waals surface area contributed by atoms with Crippen molar-refractivity contribution in [2.45, 2.75) is 12.8 Å². The first-order valence-corrected chi connectivity index (χ1v) is 6.66. The Hall–Kier alpha value is -2.28. The first-order valence-electron chi connectivity index (χ1n) is 6.66. The first kappa shape index (κ1) is 12.7. The molecule has 2 aromatic heterocycles. The number of aromatic nitrogens is 4. The molecule has 0 saturated carbocycles. The average molecular weight is 272 g/mol. The summed E-state index contributed by atoms with van der Waals surface area (Å²) in [6.07, 6.45) is 6.60. The highest BCUT2D eigenvalue weighted by atomic mass is 16.1. The fourth-order valence-corrected chi connectivity index (χ4v) is 2.31. The van der Waals surface area contributed by atoms with Gasteiger partial charge in [0.25, 0.3) is 0 Å². The molecule has 0 bridgehead atoms. The van der Waals surface area contributed by atoms with Crippen LogP contribution in [0, 0.1) is 5.92 Å². The van der Waals surface area contributed by atoms with Crippen molar-refractivity contribution in [1.82, 2.24) is 25.1 Å². The summed E-state index contributed by atoms with van der Waals surface area (Å²) in [5.74, 6) is 0.598. The van der Waals surface area contributed by atoms with E-state index in [1.807, 2.05) is 6.07 Å². The molecule has 0 radical (unpaired) electrons. The summed E-state index contributed by atoms with van der Waals surface area (Å²) in [7, 11) is 0. The molecule has 20 heavy (non-hydrogen) atoms. The number of nitrogens with one attached hydrogen (secondary N) is 2. The second-order valence-corrected chi connectivity index (χ2v) is 4.75. The van der Waals surface area contributed by atoms with Gasteiger partial charge in [0.15, 0.2) is 5.82 Å². The Kier molecular flexibility index (Phi) is 3.69. The maximum Gasteiger partial charge on any atom is 0.228 e. The zero-order valence-corrected chi connectivity index (χ0v) is 11.0. The highest BCUT2D eigenvalue weighted by Crippen LogP contribution is 2.18. The van der Waals surface area contributed by atoms with Crippen molar-refractivity contribution in [2.24, 2.45) is 5.92 Å². The fourth-order valence-electron chi connectivity index (χ4n) is 2.31. The molecule has 1 unspecified atom stereocenters. The van der Waals surface area contributed by atoms with Crippen LogP contribution < -0.4 is 10.6 Å². The van der Waals surface area contributed by atoms with Crippen molar-refractivity contribution in [3.63, 3.8) is 0 Å². The fraction of sp³-hybridized carbons (Fsp3) is 0.385. The normalized spacial score (nSPS) is 18.7. The first-order chi connectivity index (χ1) is 9.84. The average Bonchev–Trinajstić information content (AvgIpc) is 3.03. The van der Waals surface area contributed by atoms with Gasteiger partial charge in [-0.3, -0.25) is 4.79 Å². The van der Waals surface area contributed by atoms with Gasteiger partial charge in [0, 0.05) is 12.7 Å². The largest absolute Gasteiger partial charge is 0.323 e. The molecule has 7 nitrogen and oxygen atoms in total. The molecule has 1 fully saturated rings. The van der Waals surface area contributed by atoms with E-state index in [1.54, 1.807) is 18.6 Å². The van der Waals surface area contributed by atoms with Crippen LogP contribution in [0.15, 0.2) is 31.0 Å². The maximum atomic E-state index is 12.3. The van der Waals surface area contributed by atoms with E-state index in [0.29, 0.717) is 11.5 Å². The Morgan fingerprint density at radius 1 is 1.50 bits per heavy atom. The summed E-state index contributed by atoms with van der Waals surface area (Å²) < 4.78 is 1.54. The molecule has 3 rings (SSSR count). The predicted octanol–water partition coefficient (Wildman–Crippen LogP) is 0.600. The quantitative estimate of drug-likeness (QED) is 0.854. The van der Waals surface area contributed by atoms with Crippen molar-refractivity contribution in [3.8, 4) is 5.82 Å². The molecule has 2 N–H and O–H groups in total. The topological polar surface area (TPSA) is 84.7 Å². The third-order valence-electron chi connectivity index (χ3n) is 3.35. The highest BCUT2D eigenvalue weighted by molar-refractivity contribution is 5.94. The lowest BCUT2D eigenvalue weighted by Gasteiger charge is -2.22. The number of nitrogens with zero attached hydrogens (tertiary/aromatic N) is 4. The molecule has 1 aliphatic heterocycles. The summed E-state index contributed by atoms with van der Waals surface area (Å²) in [5, 5.41) is 10.2. The Morgan fingerprint density at radius 2 is 2.45 bits per heavy atom. The van der Waals surface area contributed by atoms with Gasteiger partial charge in [0.05, 0.1) is 11.6 Å². The second-order valence-electron chi connectivity index (χ2n) is 4.75. The number of carbonyl (C=O) groups is 1. The molecule has 1 aliphatic rings. The number of carbonyl (C=O) groups excluding carboxylic acids is 1. The van der Waals surface area contributed by atoms with E-state index in [9.17, 15) is 4.79 Å². The smallest absolute Gasteiger partial charge is 0.228 e. The van der Waals surface area contributed by atoms with Gasteiger partial charge in [-0.1, -0.05) is 0 Å². The molecule has 2 aromatic rings. The molecule has 0 aromatic carbocycles. The van der Waals surface area contributed by atoms with E-state index in [4.69, 9.17) is 0 Å². The van der Waals surface area contributed by atoms with Gasteiger partial charge in [-0.15, -0.1) is 0 Å². The predicted molar refractivity (Wildman–Crippen MR) is 73.4 cm³/mol. The van der Waals surface area contributed by atoms with E-state index in [0.717, 1.165) is 25.9 Å². The molecular formula is C13H16N6O. The third kappa shape index (κ3) is 2.67.